The van der Waals surface area contributed by atoms with Gasteiger partial charge in [-0.2, -0.15) is 5.26 Å². The molecule has 0 fully saturated rings. The lowest BCUT2D eigenvalue weighted by Crippen LogP contribution is -2.29. The van der Waals surface area contributed by atoms with Crippen LogP contribution < -0.4 is 15.4 Å². The van der Waals surface area contributed by atoms with E-state index in [0.29, 0.717) is 12.4 Å². The first-order valence-corrected chi connectivity index (χ1v) is 8.37. The van der Waals surface area contributed by atoms with Crippen LogP contribution in [0.3, 0.4) is 0 Å². The van der Waals surface area contributed by atoms with E-state index >= 15 is 0 Å². The van der Waals surface area contributed by atoms with Gasteiger partial charge in [0.1, 0.15) is 17.4 Å². The molecule has 1 rings (SSSR count). The predicted molar refractivity (Wildman–Crippen MR) is 97.2 cm³/mol. The van der Waals surface area contributed by atoms with Crippen molar-refractivity contribution in [2.24, 2.45) is 0 Å². The molecule has 0 heterocycles. The van der Waals surface area contributed by atoms with E-state index in [4.69, 9.17) is 4.74 Å². The summed E-state index contributed by atoms with van der Waals surface area (Å²) in [4.78, 5) is 23.4. The molecule has 0 aliphatic heterocycles. The molecule has 1 unspecified atom stereocenters. The number of hydrogen-bond acceptors (Lipinski definition) is 6. The Bertz CT molecular complexity index is 707. The van der Waals surface area contributed by atoms with E-state index < -0.39 is 5.91 Å². The molecule has 0 radical (unpaired) electrons. The number of carbonyl (C=O) groups is 2. The topological polar surface area (TPSA) is 100 Å². The summed E-state index contributed by atoms with van der Waals surface area (Å²) >= 11 is 0. The molecule has 0 aliphatic rings. The second-order valence-corrected chi connectivity index (χ2v) is 5.62. The molecule has 7 heteroatoms. The Morgan fingerprint density at radius 1 is 1.38 bits per heavy atom. The van der Waals surface area contributed by atoms with Gasteiger partial charge in [0.2, 0.25) is 0 Å². The van der Waals surface area contributed by atoms with E-state index in [1.165, 1.54) is 13.3 Å². The van der Waals surface area contributed by atoms with E-state index in [2.05, 4.69) is 15.4 Å². The van der Waals surface area contributed by atoms with Crippen molar-refractivity contribution < 1.29 is 19.1 Å². The molecule has 0 saturated carbocycles. The molecule has 0 aliphatic carbocycles. The highest BCUT2D eigenvalue weighted by molar-refractivity contribution is 5.97. The first-order chi connectivity index (χ1) is 12.4. The molecule has 26 heavy (non-hydrogen) atoms. The number of aryl methyl sites for hydroxylation is 1. The molecular formula is C19H25N3O4. The number of nitriles is 1. The van der Waals surface area contributed by atoms with Gasteiger partial charge in [-0.15, -0.1) is 0 Å². The molecule has 0 saturated heterocycles. The number of hydrogen-bond donors (Lipinski definition) is 2. The van der Waals surface area contributed by atoms with Gasteiger partial charge in [0.05, 0.1) is 26.2 Å². The molecule has 1 aromatic rings. The van der Waals surface area contributed by atoms with Crippen LogP contribution in [0.5, 0.6) is 5.75 Å². The Morgan fingerprint density at radius 2 is 2.12 bits per heavy atom. The van der Waals surface area contributed by atoms with Crippen molar-refractivity contribution in [3.05, 3.63) is 41.1 Å². The standard InChI is InChI=1S/C19H25N3O4/c1-5-26-17-7-6-13(2)10-16(17)14(3)22-19(24)15(11-20)12-21-9-8-18(23)25-4/h6-7,10,12,14,21H,5,8-9H2,1-4H3,(H,22,24)/b15-12-. The van der Waals surface area contributed by atoms with Crippen LogP contribution in [0.2, 0.25) is 0 Å². The third kappa shape index (κ3) is 6.48. The van der Waals surface area contributed by atoms with Gasteiger partial charge in [0.15, 0.2) is 0 Å². The quantitative estimate of drug-likeness (QED) is 0.303. The van der Waals surface area contributed by atoms with E-state index in [1.54, 1.807) is 0 Å². The Hall–Kier alpha value is -3.01. The molecule has 2 N–H and O–H groups in total. The number of nitrogens with one attached hydrogen (secondary N) is 2. The molecule has 0 spiro atoms. The Labute approximate surface area is 154 Å². The second-order valence-electron chi connectivity index (χ2n) is 5.62. The molecule has 7 nitrogen and oxygen atoms in total. The maximum absolute atomic E-state index is 12.3. The van der Waals surface area contributed by atoms with Crippen molar-refractivity contribution in [1.29, 1.82) is 5.26 Å². The van der Waals surface area contributed by atoms with Gasteiger partial charge in [0.25, 0.3) is 5.91 Å². The molecular weight excluding hydrogens is 334 g/mol. The normalized spacial score (nSPS) is 11.9. The average Bonchev–Trinajstić information content (AvgIpc) is 2.62. The maximum Gasteiger partial charge on any atom is 0.307 e. The molecule has 1 aromatic carbocycles. The zero-order chi connectivity index (χ0) is 19.5. The molecule has 0 aromatic heterocycles. The summed E-state index contributed by atoms with van der Waals surface area (Å²) in [5.41, 5.74) is 1.81. The fraction of sp³-hybridized carbons (Fsp3) is 0.421. The van der Waals surface area contributed by atoms with Gasteiger partial charge < -0.3 is 20.1 Å². The van der Waals surface area contributed by atoms with Crippen LogP contribution in [-0.2, 0) is 14.3 Å². The third-order valence-corrected chi connectivity index (χ3v) is 3.59. The van der Waals surface area contributed by atoms with Crippen molar-refractivity contribution in [2.75, 3.05) is 20.3 Å². The number of esters is 1. The first-order valence-electron chi connectivity index (χ1n) is 8.37. The van der Waals surface area contributed by atoms with Crippen molar-refractivity contribution >= 4 is 11.9 Å². The summed E-state index contributed by atoms with van der Waals surface area (Å²) in [5, 5.41) is 14.7. The summed E-state index contributed by atoms with van der Waals surface area (Å²) in [6.07, 6.45) is 1.44. The van der Waals surface area contributed by atoms with Crippen LogP contribution in [0, 0.1) is 18.3 Å². The predicted octanol–water partition coefficient (Wildman–Crippen LogP) is 2.13. The minimum atomic E-state index is -0.505. The van der Waals surface area contributed by atoms with Crippen LogP contribution in [0.1, 0.15) is 37.4 Å². The summed E-state index contributed by atoms with van der Waals surface area (Å²) in [6.45, 7) is 6.47. The summed E-state index contributed by atoms with van der Waals surface area (Å²) in [7, 11) is 1.30. The molecule has 0 bridgehead atoms. The number of methoxy groups -OCH3 is 1. The van der Waals surface area contributed by atoms with E-state index in [9.17, 15) is 14.9 Å². The van der Waals surface area contributed by atoms with E-state index in [1.807, 2.05) is 45.0 Å². The van der Waals surface area contributed by atoms with Crippen LogP contribution in [0.15, 0.2) is 30.0 Å². The van der Waals surface area contributed by atoms with Gasteiger partial charge in [-0.25, -0.2) is 0 Å². The van der Waals surface area contributed by atoms with Gasteiger partial charge in [-0.05, 0) is 26.8 Å². The van der Waals surface area contributed by atoms with Crippen molar-refractivity contribution in [3.63, 3.8) is 0 Å². The first kappa shape index (κ1) is 21.0. The van der Waals surface area contributed by atoms with Crippen molar-refractivity contribution in [3.8, 4) is 11.8 Å². The number of carbonyl (C=O) groups excluding carboxylic acids is 2. The number of rotatable bonds is 9. The van der Waals surface area contributed by atoms with Crippen LogP contribution in [0.4, 0.5) is 0 Å². The molecule has 1 atom stereocenters. The number of amides is 1. The Kier molecular flexibility index (Phi) is 8.71. The van der Waals surface area contributed by atoms with Crippen LogP contribution >= 0.6 is 0 Å². The second kappa shape index (κ2) is 10.8. The fourth-order valence-electron chi connectivity index (χ4n) is 2.24. The highest BCUT2D eigenvalue weighted by atomic mass is 16.5. The fourth-order valence-corrected chi connectivity index (χ4v) is 2.24. The zero-order valence-corrected chi connectivity index (χ0v) is 15.6. The highest BCUT2D eigenvalue weighted by Crippen LogP contribution is 2.26. The van der Waals surface area contributed by atoms with Crippen LogP contribution in [0.25, 0.3) is 0 Å². The smallest absolute Gasteiger partial charge is 0.307 e. The summed E-state index contributed by atoms with van der Waals surface area (Å²) < 4.78 is 10.1. The average molecular weight is 359 g/mol. The molecule has 1 amide bonds. The number of benzene rings is 1. The third-order valence-electron chi connectivity index (χ3n) is 3.59. The van der Waals surface area contributed by atoms with Gasteiger partial charge in [-0.1, -0.05) is 17.7 Å². The summed E-state index contributed by atoms with van der Waals surface area (Å²) in [6, 6.07) is 7.27. The highest BCUT2D eigenvalue weighted by Gasteiger charge is 2.17. The van der Waals surface area contributed by atoms with E-state index in [0.717, 1.165) is 11.1 Å². The maximum atomic E-state index is 12.3. The zero-order valence-electron chi connectivity index (χ0n) is 15.6. The Morgan fingerprint density at radius 3 is 2.73 bits per heavy atom. The molecule has 140 valence electrons. The van der Waals surface area contributed by atoms with Gasteiger partial charge in [0, 0.05) is 18.3 Å². The van der Waals surface area contributed by atoms with Gasteiger partial charge >= 0.3 is 5.97 Å². The minimum Gasteiger partial charge on any atom is -0.494 e. The van der Waals surface area contributed by atoms with E-state index in [-0.39, 0.29) is 30.5 Å². The number of ether oxygens (including phenoxy) is 2. The lowest BCUT2D eigenvalue weighted by atomic mass is 10.0. The SMILES string of the molecule is CCOc1ccc(C)cc1C(C)NC(=O)/C(C#N)=C\NCCC(=O)OC. The Balaban J connectivity index is 2.77. The van der Waals surface area contributed by atoms with Gasteiger partial charge in [-0.3, -0.25) is 9.59 Å². The minimum absolute atomic E-state index is 0.0765. The number of nitrogens with zero attached hydrogens (tertiary/aromatic N) is 1. The lowest BCUT2D eigenvalue weighted by molar-refractivity contribution is -0.140. The monoisotopic (exact) mass is 359 g/mol. The lowest BCUT2D eigenvalue weighted by Gasteiger charge is -2.18. The van der Waals surface area contributed by atoms with Crippen molar-refractivity contribution in [1.82, 2.24) is 10.6 Å². The summed E-state index contributed by atoms with van der Waals surface area (Å²) in [5.74, 6) is -0.176. The van der Waals surface area contributed by atoms with Crippen molar-refractivity contribution in [2.45, 2.75) is 33.2 Å². The largest absolute Gasteiger partial charge is 0.494 e. The van der Waals surface area contributed by atoms with Crippen LogP contribution in [-0.4, -0.2) is 32.1 Å².